The van der Waals surface area contributed by atoms with Crippen LogP contribution in [-0.4, -0.2) is 3.92 Å². The van der Waals surface area contributed by atoms with Gasteiger partial charge in [0.2, 0.25) is 0 Å². The molecule has 0 aromatic carbocycles. The summed E-state index contributed by atoms with van der Waals surface area (Å²) in [6, 6.07) is 0. The molecule has 2 atom stereocenters. The molecule has 0 aliphatic heterocycles. The zero-order valence-corrected chi connectivity index (χ0v) is 10.5. The van der Waals surface area contributed by atoms with Crippen molar-refractivity contribution < 1.29 is 0 Å². The van der Waals surface area contributed by atoms with E-state index in [4.69, 9.17) is 5.73 Å². The van der Waals surface area contributed by atoms with E-state index in [1.54, 1.807) is 0 Å². The Kier molecular flexibility index (Phi) is 5.36. The Morgan fingerprint density at radius 1 is 1.64 bits per heavy atom. The number of hydrogen-bond acceptors (Lipinski definition) is 1. The van der Waals surface area contributed by atoms with Gasteiger partial charge in [-0.15, -0.1) is 9.24 Å². The van der Waals surface area contributed by atoms with E-state index in [1.165, 1.54) is 10.9 Å². The molecule has 0 heterocycles. The molecule has 0 fully saturated rings. The molecular formula is C8H15INP. The first-order valence-corrected chi connectivity index (χ1v) is 5.35. The van der Waals surface area contributed by atoms with E-state index >= 15 is 0 Å². The van der Waals surface area contributed by atoms with Gasteiger partial charge >= 0.3 is 0 Å². The molecule has 0 aromatic rings. The Morgan fingerprint density at radius 3 is 2.18 bits per heavy atom. The maximum absolute atomic E-state index is 5.73. The van der Waals surface area contributed by atoms with Gasteiger partial charge in [-0.2, -0.15) is 0 Å². The number of allylic oxidation sites excluding steroid dienone is 4. The molecule has 0 aliphatic carbocycles. The number of halogens is 1. The quantitative estimate of drug-likeness (QED) is 0.358. The van der Waals surface area contributed by atoms with Gasteiger partial charge in [0, 0.05) is 9.62 Å². The molecule has 0 saturated heterocycles. The number of nitrogens with two attached hydrogens (primary N) is 1. The predicted molar refractivity (Wildman–Crippen MR) is 63.8 cm³/mol. The van der Waals surface area contributed by atoms with Crippen molar-refractivity contribution in [1.82, 2.24) is 0 Å². The van der Waals surface area contributed by atoms with Gasteiger partial charge in [-0.25, -0.2) is 0 Å². The van der Waals surface area contributed by atoms with Crippen LogP contribution in [0.25, 0.3) is 0 Å². The zero-order valence-electron chi connectivity index (χ0n) is 7.19. The van der Waals surface area contributed by atoms with E-state index in [0.29, 0.717) is 3.92 Å². The van der Waals surface area contributed by atoms with Crippen molar-refractivity contribution in [3.05, 3.63) is 22.7 Å². The van der Waals surface area contributed by atoms with Crippen molar-refractivity contribution in [2.24, 2.45) is 5.73 Å². The number of rotatable bonds is 2. The van der Waals surface area contributed by atoms with Crippen LogP contribution >= 0.6 is 31.8 Å². The summed E-state index contributed by atoms with van der Waals surface area (Å²) in [6.07, 6.45) is 2.06. The second-order valence-corrected chi connectivity index (χ2v) is 4.95. The number of hydrogen-bond donors (Lipinski definition) is 1. The highest BCUT2D eigenvalue weighted by Crippen LogP contribution is 2.26. The zero-order chi connectivity index (χ0) is 9.02. The lowest BCUT2D eigenvalue weighted by Crippen LogP contribution is -2.05. The fourth-order valence-corrected chi connectivity index (χ4v) is 2.59. The van der Waals surface area contributed by atoms with E-state index in [9.17, 15) is 0 Å². The van der Waals surface area contributed by atoms with Gasteiger partial charge in [0.1, 0.15) is 0 Å². The van der Waals surface area contributed by atoms with Crippen LogP contribution in [0.3, 0.4) is 0 Å². The molecule has 0 radical (unpaired) electrons. The fraction of sp³-hybridized carbons (Fsp3) is 0.500. The third-order valence-electron chi connectivity index (χ3n) is 1.44. The van der Waals surface area contributed by atoms with E-state index in [1.807, 2.05) is 13.8 Å². The third-order valence-corrected chi connectivity index (χ3v) is 2.71. The highest BCUT2D eigenvalue weighted by molar-refractivity contribution is 14.1. The maximum Gasteiger partial charge on any atom is 0.0354 e. The molecule has 1 nitrogen and oxygen atoms in total. The molecule has 2 N–H and O–H groups in total. The van der Waals surface area contributed by atoms with Gasteiger partial charge in [0.15, 0.2) is 0 Å². The summed E-state index contributed by atoms with van der Waals surface area (Å²) in [5.41, 5.74) is 7.88. The van der Waals surface area contributed by atoms with Crippen LogP contribution in [0.2, 0.25) is 0 Å². The molecule has 0 aliphatic rings. The smallest absolute Gasteiger partial charge is 0.0354 e. The standard InChI is InChI=1S/C8H15INP/c1-4-7(11)8(5(2)9)6(3)10/h4-5H,10-11H2,1-3H3/b7-4-,8-6-. The Morgan fingerprint density at radius 2 is 2.09 bits per heavy atom. The van der Waals surface area contributed by atoms with Crippen molar-refractivity contribution in [2.45, 2.75) is 24.7 Å². The van der Waals surface area contributed by atoms with Gasteiger partial charge in [0.25, 0.3) is 0 Å². The van der Waals surface area contributed by atoms with Gasteiger partial charge in [-0.1, -0.05) is 28.7 Å². The average Bonchev–Trinajstić information content (AvgIpc) is 1.85. The lowest BCUT2D eigenvalue weighted by atomic mass is 10.1. The SMILES string of the molecule is C/C=C(P)/C(=C(/C)N)C(C)I. The van der Waals surface area contributed by atoms with Crippen LogP contribution < -0.4 is 5.73 Å². The first-order chi connectivity index (χ1) is 5.00. The molecule has 0 rings (SSSR count). The molecule has 0 aromatic heterocycles. The molecule has 0 spiro atoms. The Bertz CT molecular complexity index is 190. The van der Waals surface area contributed by atoms with E-state index in [-0.39, 0.29) is 0 Å². The third kappa shape index (κ3) is 3.57. The predicted octanol–water partition coefficient (Wildman–Crippen LogP) is 2.82. The van der Waals surface area contributed by atoms with Crippen LogP contribution in [0.1, 0.15) is 20.8 Å². The molecular weight excluding hydrogens is 268 g/mol. The van der Waals surface area contributed by atoms with E-state index < -0.39 is 0 Å². The fourth-order valence-electron chi connectivity index (χ4n) is 0.927. The lowest BCUT2D eigenvalue weighted by Gasteiger charge is -2.12. The normalized spacial score (nSPS) is 17.7. The maximum atomic E-state index is 5.73. The summed E-state index contributed by atoms with van der Waals surface area (Å²) in [4.78, 5) is 0. The first kappa shape index (κ1) is 11.4. The minimum atomic E-state index is 0.473. The highest BCUT2D eigenvalue weighted by atomic mass is 127. The van der Waals surface area contributed by atoms with Crippen LogP contribution in [0.15, 0.2) is 22.7 Å². The van der Waals surface area contributed by atoms with Gasteiger partial charge < -0.3 is 5.73 Å². The Hall–Kier alpha value is 0.440. The van der Waals surface area contributed by atoms with E-state index in [2.05, 4.69) is 44.8 Å². The van der Waals surface area contributed by atoms with Crippen molar-refractivity contribution in [3.63, 3.8) is 0 Å². The second kappa shape index (κ2) is 5.15. The van der Waals surface area contributed by atoms with Crippen molar-refractivity contribution in [1.29, 1.82) is 0 Å². The highest BCUT2D eigenvalue weighted by Gasteiger charge is 2.08. The average molecular weight is 283 g/mol. The molecule has 0 saturated carbocycles. The Balaban J connectivity index is 4.79. The van der Waals surface area contributed by atoms with Crippen molar-refractivity contribution >= 4 is 31.8 Å². The summed E-state index contributed by atoms with van der Waals surface area (Å²) in [7, 11) is 2.70. The largest absolute Gasteiger partial charge is 0.402 e. The van der Waals surface area contributed by atoms with Gasteiger partial charge in [-0.3, -0.25) is 0 Å². The summed E-state index contributed by atoms with van der Waals surface area (Å²) >= 11 is 2.37. The van der Waals surface area contributed by atoms with Crippen LogP contribution in [0.5, 0.6) is 0 Å². The monoisotopic (exact) mass is 283 g/mol. The first-order valence-electron chi connectivity index (χ1n) is 3.53. The minimum absolute atomic E-state index is 0.473. The second-order valence-electron chi connectivity index (χ2n) is 2.46. The molecule has 11 heavy (non-hydrogen) atoms. The lowest BCUT2D eigenvalue weighted by molar-refractivity contribution is 1.12. The van der Waals surface area contributed by atoms with Crippen LogP contribution in [-0.2, 0) is 0 Å². The topological polar surface area (TPSA) is 26.0 Å². The minimum Gasteiger partial charge on any atom is -0.402 e. The molecule has 0 amide bonds. The molecule has 3 heteroatoms. The summed E-state index contributed by atoms with van der Waals surface area (Å²) in [5, 5.41) is 1.20. The summed E-state index contributed by atoms with van der Waals surface area (Å²) in [6.45, 7) is 6.10. The van der Waals surface area contributed by atoms with Crippen molar-refractivity contribution in [3.8, 4) is 0 Å². The van der Waals surface area contributed by atoms with Gasteiger partial charge in [-0.05, 0) is 31.7 Å². The van der Waals surface area contributed by atoms with Crippen LogP contribution in [0.4, 0.5) is 0 Å². The van der Waals surface area contributed by atoms with Crippen LogP contribution in [0, 0.1) is 0 Å². The summed E-state index contributed by atoms with van der Waals surface area (Å²) in [5.74, 6) is 0. The molecule has 64 valence electrons. The van der Waals surface area contributed by atoms with Gasteiger partial charge in [0.05, 0.1) is 0 Å². The number of alkyl halides is 1. The molecule has 2 unspecified atom stereocenters. The summed E-state index contributed by atoms with van der Waals surface area (Å²) < 4.78 is 0.473. The Labute approximate surface area is 84.8 Å². The van der Waals surface area contributed by atoms with E-state index in [0.717, 1.165) is 5.70 Å². The van der Waals surface area contributed by atoms with Crippen molar-refractivity contribution in [2.75, 3.05) is 0 Å². The molecule has 0 bridgehead atoms.